The van der Waals surface area contributed by atoms with Crippen LogP contribution in [-0.4, -0.2) is 30.0 Å². The Bertz CT molecular complexity index is 1720. The van der Waals surface area contributed by atoms with Crippen LogP contribution in [-0.2, 0) is 28.6 Å². The van der Waals surface area contributed by atoms with Gasteiger partial charge >= 0.3 is 0 Å². The van der Waals surface area contributed by atoms with Crippen molar-refractivity contribution < 1.29 is 25.2 Å². The number of halogens is 2. The van der Waals surface area contributed by atoms with Crippen LogP contribution in [0.3, 0.4) is 0 Å². The van der Waals surface area contributed by atoms with Gasteiger partial charge in [0.1, 0.15) is 9.79 Å². The first-order chi connectivity index (χ1) is 20.4. The third kappa shape index (κ3) is 7.91. The monoisotopic (exact) mass is 674 g/mol. The highest BCUT2D eigenvalue weighted by molar-refractivity contribution is 7.87. The van der Waals surface area contributed by atoms with E-state index >= 15 is 0 Å². The summed E-state index contributed by atoms with van der Waals surface area (Å²) >= 11 is 13.4. The molecule has 0 atom stereocenters. The van der Waals surface area contributed by atoms with Gasteiger partial charge in [-0.05, 0) is 34.1 Å². The molecule has 6 nitrogen and oxygen atoms in total. The van der Waals surface area contributed by atoms with E-state index in [0.29, 0.717) is 11.1 Å². The molecular weight excluding hydrogens is 639 g/mol. The van der Waals surface area contributed by atoms with Crippen molar-refractivity contribution >= 4 is 43.4 Å². The van der Waals surface area contributed by atoms with E-state index in [1.54, 1.807) is 72.8 Å². The van der Waals surface area contributed by atoms with Crippen LogP contribution >= 0.6 is 23.2 Å². The molecule has 234 valence electrons. The summed E-state index contributed by atoms with van der Waals surface area (Å²) in [5.74, 6) is 0. The first kappa shape index (κ1) is 34.2. The second kappa shape index (κ2) is 12.9. The molecule has 0 aliphatic heterocycles. The zero-order valence-electron chi connectivity index (χ0n) is 25.5. The Labute approximate surface area is 271 Å². The molecule has 0 aliphatic rings. The smallest absolute Gasteiger partial charge is 0.266 e. The molecule has 0 heterocycles. The van der Waals surface area contributed by atoms with Gasteiger partial charge < -0.3 is 0 Å². The summed E-state index contributed by atoms with van der Waals surface area (Å²) in [6, 6.07) is 23.6. The van der Waals surface area contributed by atoms with Crippen LogP contribution in [0, 0.1) is 10.8 Å². The standard InChI is InChI=1S/C34H36Cl2O6S2/c1-33(2,3)21-41-43(37,38)31-25(17-19-27(35)29(31)23-13-9-7-10-14-23)26-18-20-28(36)30(24-15-11-8-12-16-24)32(26)44(39,40)42-22-34(4,5)6/h7-20H,21-22H2,1-6H3. The predicted octanol–water partition coefficient (Wildman–Crippen LogP) is 9.50. The predicted molar refractivity (Wildman–Crippen MR) is 178 cm³/mol. The van der Waals surface area contributed by atoms with Crippen LogP contribution in [0.15, 0.2) is 94.7 Å². The average Bonchev–Trinajstić information content (AvgIpc) is 2.95. The van der Waals surface area contributed by atoms with E-state index in [-0.39, 0.29) is 55.3 Å². The molecule has 0 aromatic heterocycles. The lowest BCUT2D eigenvalue weighted by molar-refractivity contribution is 0.203. The second-order valence-electron chi connectivity index (χ2n) is 12.9. The molecule has 0 fully saturated rings. The molecule has 0 amide bonds. The van der Waals surface area contributed by atoms with Crippen molar-refractivity contribution in [1.29, 1.82) is 0 Å². The van der Waals surface area contributed by atoms with Gasteiger partial charge in [0, 0.05) is 32.3 Å². The Balaban J connectivity index is 2.16. The van der Waals surface area contributed by atoms with Gasteiger partial charge in [0.15, 0.2) is 0 Å². The Morgan fingerprint density at radius 1 is 0.523 bits per heavy atom. The molecule has 0 bridgehead atoms. The van der Waals surface area contributed by atoms with Crippen LogP contribution in [0.25, 0.3) is 33.4 Å². The first-order valence-corrected chi connectivity index (χ1v) is 17.5. The summed E-state index contributed by atoms with van der Waals surface area (Å²) < 4.78 is 67.9. The number of benzene rings is 4. The molecule has 0 saturated carbocycles. The molecule has 0 spiro atoms. The normalized spacial score (nSPS) is 12.8. The van der Waals surface area contributed by atoms with E-state index in [9.17, 15) is 16.8 Å². The fraction of sp³-hybridized carbons (Fsp3) is 0.294. The molecule has 44 heavy (non-hydrogen) atoms. The maximum absolute atomic E-state index is 14.2. The fourth-order valence-corrected chi connectivity index (χ4v) is 8.18. The highest BCUT2D eigenvalue weighted by atomic mass is 35.5. The lowest BCUT2D eigenvalue weighted by atomic mass is 9.95. The molecule has 0 radical (unpaired) electrons. The lowest BCUT2D eigenvalue weighted by Crippen LogP contribution is -2.21. The Morgan fingerprint density at radius 3 is 1.14 bits per heavy atom. The summed E-state index contributed by atoms with van der Waals surface area (Å²) in [5.41, 5.74) is 0.584. The quantitative estimate of drug-likeness (QED) is 0.164. The van der Waals surface area contributed by atoms with Gasteiger partial charge in [0.2, 0.25) is 0 Å². The van der Waals surface area contributed by atoms with Crippen LogP contribution < -0.4 is 0 Å². The molecule has 4 rings (SSSR count). The van der Waals surface area contributed by atoms with Gasteiger partial charge in [-0.25, -0.2) is 0 Å². The number of hydrogen-bond donors (Lipinski definition) is 0. The maximum atomic E-state index is 14.2. The zero-order valence-corrected chi connectivity index (χ0v) is 28.7. The van der Waals surface area contributed by atoms with E-state index in [1.807, 2.05) is 41.5 Å². The van der Waals surface area contributed by atoms with Crippen LogP contribution in [0.1, 0.15) is 41.5 Å². The van der Waals surface area contributed by atoms with Gasteiger partial charge in [-0.1, -0.05) is 138 Å². The SMILES string of the molecule is CC(C)(C)COS(=O)(=O)c1c(-c2ccc(Cl)c(-c3ccccc3)c2S(=O)(=O)OCC(C)(C)C)ccc(Cl)c1-c1ccccc1. The van der Waals surface area contributed by atoms with Gasteiger partial charge in [-0.2, -0.15) is 16.8 Å². The molecule has 10 heteroatoms. The highest BCUT2D eigenvalue weighted by Crippen LogP contribution is 2.47. The molecule has 0 N–H and O–H groups in total. The third-order valence-corrected chi connectivity index (χ3v) is 9.76. The van der Waals surface area contributed by atoms with Gasteiger partial charge in [0.25, 0.3) is 20.2 Å². The number of rotatable bonds is 9. The Morgan fingerprint density at radius 2 is 0.841 bits per heavy atom. The summed E-state index contributed by atoms with van der Waals surface area (Å²) in [6.45, 7) is 10.9. The van der Waals surface area contributed by atoms with E-state index in [1.165, 1.54) is 12.1 Å². The second-order valence-corrected chi connectivity index (χ2v) is 16.8. The number of hydrogen-bond acceptors (Lipinski definition) is 6. The largest absolute Gasteiger partial charge is 0.298 e. The van der Waals surface area contributed by atoms with Gasteiger partial charge in [-0.3, -0.25) is 8.37 Å². The molecule has 4 aromatic carbocycles. The van der Waals surface area contributed by atoms with Gasteiger partial charge in [0.05, 0.1) is 13.2 Å². The molecular formula is C34H36Cl2O6S2. The summed E-state index contributed by atoms with van der Waals surface area (Å²) in [7, 11) is -9.02. The maximum Gasteiger partial charge on any atom is 0.298 e. The van der Waals surface area contributed by atoms with Gasteiger partial charge in [-0.15, -0.1) is 0 Å². The molecule has 0 unspecified atom stereocenters. The van der Waals surface area contributed by atoms with E-state index in [4.69, 9.17) is 31.6 Å². The van der Waals surface area contributed by atoms with Crippen molar-refractivity contribution in [3.8, 4) is 33.4 Å². The van der Waals surface area contributed by atoms with E-state index < -0.39 is 31.1 Å². The zero-order chi connectivity index (χ0) is 32.5. The van der Waals surface area contributed by atoms with Crippen LogP contribution in [0.4, 0.5) is 0 Å². The van der Waals surface area contributed by atoms with Crippen molar-refractivity contribution in [2.75, 3.05) is 13.2 Å². The van der Waals surface area contributed by atoms with Crippen molar-refractivity contribution in [2.24, 2.45) is 10.8 Å². The highest BCUT2D eigenvalue weighted by Gasteiger charge is 2.34. The van der Waals surface area contributed by atoms with Crippen LogP contribution in [0.5, 0.6) is 0 Å². The summed E-state index contributed by atoms with van der Waals surface area (Å²) in [5, 5.41) is 0.312. The van der Waals surface area contributed by atoms with Crippen molar-refractivity contribution in [2.45, 2.75) is 51.3 Å². The first-order valence-electron chi connectivity index (χ1n) is 14.0. The van der Waals surface area contributed by atoms with Crippen molar-refractivity contribution in [1.82, 2.24) is 0 Å². The summed E-state index contributed by atoms with van der Waals surface area (Å²) in [4.78, 5) is -0.511. The van der Waals surface area contributed by atoms with E-state index in [0.717, 1.165) is 0 Å². The molecule has 4 aromatic rings. The Hall–Kier alpha value is -2.72. The lowest BCUT2D eigenvalue weighted by Gasteiger charge is -2.24. The average molecular weight is 676 g/mol. The molecule has 0 aliphatic carbocycles. The molecule has 0 saturated heterocycles. The van der Waals surface area contributed by atoms with Crippen molar-refractivity contribution in [3.63, 3.8) is 0 Å². The Kier molecular flexibility index (Phi) is 10.1. The van der Waals surface area contributed by atoms with E-state index in [2.05, 4.69) is 0 Å². The third-order valence-electron chi connectivity index (χ3n) is 6.42. The van der Waals surface area contributed by atoms with Crippen LogP contribution in [0.2, 0.25) is 10.0 Å². The minimum atomic E-state index is -4.51. The van der Waals surface area contributed by atoms with Crippen molar-refractivity contribution in [3.05, 3.63) is 95.0 Å². The topological polar surface area (TPSA) is 86.7 Å². The fourth-order valence-electron chi connectivity index (χ4n) is 4.43. The minimum Gasteiger partial charge on any atom is -0.266 e. The summed E-state index contributed by atoms with van der Waals surface area (Å²) in [6.07, 6.45) is 0. The minimum absolute atomic E-state index is 0.0777.